The lowest BCUT2D eigenvalue weighted by atomic mass is 10.4. The Labute approximate surface area is 113 Å². The van der Waals surface area contributed by atoms with E-state index in [9.17, 15) is 9.59 Å². The fourth-order valence-corrected chi connectivity index (χ4v) is 2.43. The van der Waals surface area contributed by atoms with E-state index in [2.05, 4.69) is 11.8 Å². The topological polar surface area (TPSA) is 70.0 Å². The predicted molar refractivity (Wildman–Crippen MR) is 75.3 cm³/mol. The third-order valence-electron chi connectivity index (χ3n) is 2.54. The van der Waals surface area contributed by atoms with Gasteiger partial charge < -0.3 is 14.9 Å². The van der Waals surface area contributed by atoms with Crippen LogP contribution in [0.3, 0.4) is 0 Å². The largest absolute Gasteiger partial charge is 0.320 e. The Bertz CT molecular complexity index is 758. The highest BCUT2D eigenvalue weighted by Gasteiger charge is 2.04. The van der Waals surface area contributed by atoms with Gasteiger partial charge in [0.05, 0.1) is 18.0 Å². The number of aryl methyl sites for hydroxylation is 1. The van der Waals surface area contributed by atoms with Gasteiger partial charge in [-0.15, -0.1) is 11.3 Å². The summed E-state index contributed by atoms with van der Waals surface area (Å²) in [5, 5.41) is 0. The highest BCUT2D eigenvalue weighted by molar-refractivity contribution is 7.12. The van der Waals surface area contributed by atoms with E-state index in [0.29, 0.717) is 13.1 Å². The number of aromatic nitrogens is 2. The zero-order valence-electron chi connectivity index (χ0n) is 10.4. The first-order valence-electron chi connectivity index (χ1n) is 5.65. The summed E-state index contributed by atoms with van der Waals surface area (Å²) >= 11 is 1.49. The molecule has 0 atom stereocenters. The lowest BCUT2D eigenvalue weighted by Crippen LogP contribution is -2.39. The number of rotatable bonds is 2. The van der Waals surface area contributed by atoms with Crippen molar-refractivity contribution in [1.82, 2.24) is 9.13 Å². The highest BCUT2D eigenvalue weighted by atomic mass is 32.1. The summed E-state index contributed by atoms with van der Waals surface area (Å²) in [6.45, 7) is 0.700. The molecule has 0 aliphatic rings. The summed E-state index contributed by atoms with van der Waals surface area (Å²) in [5.74, 6) is 5.71. The molecule has 0 radical (unpaired) electrons. The molecule has 5 nitrogen and oxygen atoms in total. The van der Waals surface area contributed by atoms with Gasteiger partial charge in [0.1, 0.15) is 0 Å². The van der Waals surface area contributed by atoms with Crippen LogP contribution in [0.5, 0.6) is 0 Å². The maximum Gasteiger partial charge on any atom is 0.316 e. The first-order chi connectivity index (χ1) is 9.11. The molecular weight excluding hydrogens is 262 g/mol. The van der Waals surface area contributed by atoms with E-state index in [1.54, 1.807) is 19.4 Å². The van der Waals surface area contributed by atoms with Crippen molar-refractivity contribution in [3.63, 3.8) is 0 Å². The van der Waals surface area contributed by atoms with Crippen molar-refractivity contribution in [2.24, 2.45) is 12.8 Å². The molecule has 2 aromatic rings. The van der Waals surface area contributed by atoms with Crippen LogP contribution >= 0.6 is 11.3 Å². The second kappa shape index (κ2) is 5.69. The SMILES string of the molecule is Cn1ccn(Cc2ccc(C#CCN)s2)c(=O)c1=O. The van der Waals surface area contributed by atoms with Gasteiger partial charge in [0.15, 0.2) is 0 Å². The van der Waals surface area contributed by atoms with Crippen LogP contribution in [0, 0.1) is 11.8 Å². The van der Waals surface area contributed by atoms with Crippen LogP contribution in [-0.4, -0.2) is 15.7 Å². The van der Waals surface area contributed by atoms with Crippen LogP contribution in [-0.2, 0) is 13.6 Å². The lowest BCUT2D eigenvalue weighted by molar-refractivity contribution is 0.701. The van der Waals surface area contributed by atoms with E-state index in [-0.39, 0.29) is 0 Å². The molecule has 19 heavy (non-hydrogen) atoms. The molecule has 2 heterocycles. The summed E-state index contributed by atoms with van der Waals surface area (Å²) in [4.78, 5) is 25.2. The Kier molecular flexibility index (Phi) is 4.00. The van der Waals surface area contributed by atoms with Crippen molar-refractivity contribution in [2.75, 3.05) is 6.54 Å². The predicted octanol–water partition coefficient (Wildman–Crippen LogP) is -0.0330. The maximum atomic E-state index is 11.8. The van der Waals surface area contributed by atoms with Gasteiger partial charge in [-0.2, -0.15) is 0 Å². The number of hydrogen-bond acceptors (Lipinski definition) is 4. The first kappa shape index (κ1) is 13.3. The van der Waals surface area contributed by atoms with Gasteiger partial charge in [-0.3, -0.25) is 9.59 Å². The Morgan fingerprint density at radius 1 is 1.26 bits per heavy atom. The molecular formula is C13H13N3O2S. The summed E-state index contributed by atoms with van der Waals surface area (Å²) < 4.78 is 2.67. The summed E-state index contributed by atoms with van der Waals surface area (Å²) in [5.41, 5.74) is 4.26. The van der Waals surface area contributed by atoms with Crippen LogP contribution in [0.2, 0.25) is 0 Å². The molecule has 0 aliphatic carbocycles. The second-order valence-corrected chi connectivity index (χ2v) is 5.09. The lowest BCUT2D eigenvalue weighted by Gasteiger charge is -2.03. The number of hydrogen-bond donors (Lipinski definition) is 1. The molecule has 2 N–H and O–H groups in total. The molecule has 0 fully saturated rings. The van der Waals surface area contributed by atoms with Gasteiger partial charge in [0.25, 0.3) is 0 Å². The fourth-order valence-electron chi connectivity index (χ4n) is 1.55. The van der Waals surface area contributed by atoms with Crippen molar-refractivity contribution in [2.45, 2.75) is 6.54 Å². The monoisotopic (exact) mass is 275 g/mol. The number of thiophene rings is 1. The zero-order chi connectivity index (χ0) is 13.8. The van der Waals surface area contributed by atoms with Crippen LogP contribution in [0.15, 0.2) is 34.1 Å². The van der Waals surface area contributed by atoms with Crippen LogP contribution in [0.4, 0.5) is 0 Å². The van der Waals surface area contributed by atoms with E-state index in [0.717, 1.165) is 9.75 Å². The Morgan fingerprint density at radius 2 is 2.05 bits per heavy atom. The highest BCUT2D eigenvalue weighted by Crippen LogP contribution is 2.15. The van der Waals surface area contributed by atoms with E-state index in [1.807, 2.05) is 12.1 Å². The minimum Gasteiger partial charge on any atom is -0.320 e. The molecule has 0 aliphatic heterocycles. The smallest absolute Gasteiger partial charge is 0.316 e. The zero-order valence-corrected chi connectivity index (χ0v) is 11.2. The van der Waals surface area contributed by atoms with Crippen LogP contribution < -0.4 is 16.9 Å². The average molecular weight is 275 g/mol. The summed E-state index contributed by atoms with van der Waals surface area (Å²) in [6.07, 6.45) is 3.18. The molecule has 0 bridgehead atoms. The van der Waals surface area contributed by atoms with Gasteiger partial charge in [-0.05, 0) is 12.1 Å². The quantitative estimate of drug-likeness (QED) is 0.618. The molecule has 2 rings (SSSR count). The van der Waals surface area contributed by atoms with E-state index in [1.165, 1.54) is 20.5 Å². The standard InChI is InChI=1S/C13H13N3O2S/c1-15-7-8-16(13(18)12(15)17)9-11-5-4-10(19-11)3-2-6-14/h4-5,7-8H,6,9,14H2,1H3. The van der Waals surface area contributed by atoms with Crippen molar-refractivity contribution in [3.05, 3.63) is 55.0 Å². The average Bonchev–Trinajstić information content (AvgIpc) is 2.85. The molecule has 98 valence electrons. The van der Waals surface area contributed by atoms with Crippen molar-refractivity contribution < 1.29 is 0 Å². The van der Waals surface area contributed by atoms with Crippen molar-refractivity contribution in [1.29, 1.82) is 0 Å². The second-order valence-electron chi connectivity index (χ2n) is 3.92. The minimum atomic E-state index is -0.526. The van der Waals surface area contributed by atoms with Gasteiger partial charge in [-0.1, -0.05) is 11.8 Å². The summed E-state index contributed by atoms with van der Waals surface area (Å²) in [6, 6.07) is 3.78. The first-order valence-corrected chi connectivity index (χ1v) is 6.47. The molecule has 2 aromatic heterocycles. The van der Waals surface area contributed by atoms with Crippen LogP contribution in [0.1, 0.15) is 9.75 Å². The molecule has 0 amide bonds. The number of nitrogens with zero attached hydrogens (tertiary/aromatic N) is 2. The Hall–Kier alpha value is -2.10. The molecule has 0 saturated heterocycles. The summed E-state index contributed by atoms with van der Waals surface area (Å²) in [7, 11) is 1.56. The molecule has 0 aromatic carbocycles. The van der Waals surface area contributed by atoms with E-state index in [4.69, 9.17) is 5.73 Å². The van der Waals surface area contributed by atoms with Crippen molar-refractivity contribution >= 4 is 11.3 Å². The third kappa shape index (κ3) is 3.02. The normalized spacial score (nSPS) is 10.0. The fraction of sp³-hybridized carbons (Fsp3) is 0.231. The van der Waals surface area contributed by atoms with Gasteiger partial charge in [0, 0.05) is 24.3 Å². The van der Waals surface area contributed by atoms with Crippen molar-refractivity contribution in [3.8, 4) is 11.8 Å². The molecule has 0 saturated carbocycles. The van der Waals surface area contributed by atoms with Gasteiger partial charge in [-0.25, -0.2) is 0 Å². The van der Waals surface area contributed by atoms with E-state index >= 15 is 0 Å². The third-order valence-corrected chi connectivity index (χ3v) is 3.52. The van der Waals surface area contributed by atoms with Crippen LogP contribution in [0.25, 0.3) is 0 Å². The van der Waals surface area contributed by atoms with E-state index < -0.39 is 11.1 Å². The molecule has 6 heteroatoms. The van der Waals surface area contributed by atoms with Gasteiger partial charge in [0.2, 0.25) is 0 Å². The Morgan fingerprint density at radius 3 is 2.79 bits per heavy atom. The Balaban J connectivity index is 2.27. The maximum absolute atomic E-state index is 11.8. The molecule has 0 unspecified atom stereocenters. The minimum absolute atomic E-state index is 0.321. The molecule has 0 spiro atoms. The van der Waals surface area contributed by atoms with Gasteiger partial charge >= 0.3 is 11.1 Å². The number of nitrogens with two attached hydrogens (primary N) is 1.